The molecule has 0 amide bonds. The maximum atomic E-state index is 12.5. The van der Waals surface area contributed by atoms with Crippen molar-refractivity contribution >= 4 is 23.1 Å². The van der Waals surface area contributed by atoms with Crippen LogP contribution in [0.4, 0.5) is 0 Å². The first-order chi connectivity index (χ1) is 12.0. The van der Waals surface area contributed by atoms with Crippen molar-refractivity contribution in [3.05, 3.63) is 80.5 Å². The van der Waals surface area contributed by atoms with Gasteiger partial charge in [-0.15, -0.1) is 0 Å². The third-order valence-corrected chi connectivity index (χ3v) is 4.18. The van der Waals surface area contributed by atoms with Crippen molar-refractivity contribution in [2.45, 2.75) is 20.4 Å². The highest BCUT2D eigenvalue weighted by atomic mass is 16.2. The lowest BCUT2D eigenvalue weighted by Crippen LogP contribution is -2.38. The van der Waals surface area contributed by atoms with Crippen molar-refractivity contribution in [3.8, 4) is 0 Å². The molecule has 0 spiro atoms. The number of nitrogens with zero attached hydrogens (tertiary/aromatic N) is 2. The van der Waals surface area contributed by atoms with E-state index >= 15 is 0 Å². The average Bonchev–Trinajstić information content (AvgIpc) is 2.62. The van der Waals surface area contributed by atoms with E-state index in [4.69, 9.17) is 0 Å². The Bertz CT molecular complexity index is 1040. The molecule has 0 fully saturated rings. The van der Waals surface area contributed by atoms with Crippen LogP contribution in [0.1, 0.15) is 25.0 Å². The van der Waals surface area contributed by atoms with Crippen LogP contribution in [0.15, 0.2) is 58.1 Å². The molecule has 0 aliphatic rings. The van der Waals surface area contributed by atoms with Crippen LogP contribution < -0.4 is 11.2 Å². The Morgan fingerprint density at radius 3 is 2.32 bits per heavy atom. The van der Waals surface area contributed by atoms with Gasteiger partial charge in [-0.25, -0.2) is 4.79 Å². The predicted octanol–water partition coefficient (Wildman–Crippen LogP) is 3.53. The molecular weight excluding hydrogens is 312 g/mol. The third-order valence-electron chi connectivity index (χ3n) is 4.18. The normalized spacial score (nSPS) is 11.7. The molecule has 0 saturated heterocycles. The van der Waals surface area contributed by atoms with Crippen molar-refractivity contribution in [1.29, 1.82) is 0 Å². The minimum atomic E-state index is -0.265. The van der Waals surface area contributed by atoms with Crippen molar-refractivity contribution in [1.82, 2.24) is 9.13 Å². The first kappa shape index (κ1) is 17.0. The minimum Gasteiger partial charge on any atom is -0.293 e. The number of fused-ring (bicyclic) bond motifs is 1. The molecule has 0 unspecified atom stereocenters. The van der Waals surface area contributed by atoms with E-state index in [1.807, 2.05) is 60.7 Å². The summed E-state index contributed by atoms with van der Waals surface area (Å²) in [4.78, 5) is 25.0. The molecule has 0 saturated carbocycles. The van der Waals surface area contributed by atoms with Crippen LogP contribution in [0.5, 0.6) is 0 Å². The van der Waals surface area contributed by atoms with Gasteiger partial charge in [-0.1, -0.05) is 62.4 Å². The highest BCUT2D eigenvalue weighted by Gasteiger charge is 2.12. The van der Waals surface area contributed by atoms with E-state index in [0.29, 0.717) is 23.4 Å². The fraction of sp³-hybridized carbons (Fsp3) is 0.238. The average molecular weight is 334 g/mol. The van der Waals surface area contributed by atoms with Crippen molar-refractivity contribution in [2.75, 3.05) is 0 Å². The SMILES string of the molecule is CC(C)Cn1c(=O)n(C)c(=O)c2cc(/C=C/c3ccccc3)ccc21. The standard InChI is InChI=1S/C21H22N2O2/c1-15(2)14-23-19-12-11-17(10-9-16-7-5-4-6-8-16)13-18(19)20(24)22(3)21(23)25/h4-13,15H,14H2,1-3H3/b10-9+. The number of aromatic nitrogens is 2. The molecule has 0 radical (unpaired) electrons. The van der Waals surface area contributed by atoms with E-state index in [1.54, 1.807) is 4.57 Å². The van der Waals surface area contributed by atoms with Gasteiger partial charge >= 0.3 is 5.69 Å². The van der Waals surface area contributed by atoms with Crippen LogP contribution in [0.3, 0.4) is 0 Å². The van der Waals surface area contributed by atoms with Gasteiger partial charge in [0.2, 0.25) is 0 Å². The molecule has 0 bridgehead atoms. The first-order valence-electron chi connectivity index (χ1n) is 8.44. The summed E-state index contributed by atoms with van der Waals surface area (Å²) in [6.07, 6.45) is 3.99. The lowest BCUT2D eigenvalue weighted by Gasteiger charge is -2.14. The lowest BCUT2D eigenvalue weighted by atomic mass is 10.1. The summed E-state index contributed by atoms with van der Waals surface area (Å²) in [7, 11) is 1.54. The molecule has 1 aromatic heterocycles. The Labute approximate surface area is 146 Å². The molecule has 3 rings (SSSR count). The van der Waals surface area contributed by atoms with Crippen molar-refractivity contribution in [2.24, 2.45) is 13.0 Å². The van der Waals surface area contributed by atoms with Crippen LogP contribution in [0.2, 0.25) is 0 Å². The van der Waals surface area contributed by atoms with Gasteiger partial charge in [0.05, 0.1) is 10.9 Å². The molecule has 0 N–H and O–H groups in total. The second-order valence-electron chi connectivity index (χ2n) is 6.67. The Hall–Kier alpha value is -2.88. The molecule has 1 heterocycles. The summed E-state index contributed by atoms with van der Waals surface area (Å²) in [5.74, 6) is 0.316. The molecular formula is C21H22N2O2. The van der Waals surface area contributed by atoms with Crippen LogP contribution in [0.25, 0.3) is 23.1 Å². The van der Waals surface area contributed by atoms with Crippen molar-refractivity contribution in [3.63, 3.8) is 0 Å². The zero-order chi connectivity index (χ0) is 18.0. The largest absolute Gasteiger partial charge is 0.331 e. The number of hydrogen-bond acceptors (Lipinski definition) is 2. The Morgan fingerprint density at radius 2 is 1.64 bits per heavy atom. The van der Waals surface area contributed by atoms with Gasteiger partial charge < -0.3 is 0 Å². The summed E-state index contributed by atoms with van der Waals surface area (Å²) in [5.41, 5.74) is 2.20. The number of hydrogen-bond donors (Lipinski definition) is 0. The molecule has 4 nitrogen and oxygen atoms in total. The molecule has 25 heavy (non-hydrogen) atoms. The maximum Gasteiger partial charge on any atom is 0.331 e. The van der Waals surface area contributed by atoms with E-state index in [0.717, 1.165) is 11.1 Å². The van der Waals surface area contributed by atoms with E-state index in [9.17, 15) is 9.59 Å². The predicted molar refractivity (Wildman–Crippen MR) is 104 cm³/mol. The van der Waals surface area contributed by atoms with Crippen LogP contribution in [0, 0.1) is 5.92 Å². The van der Waals surface area contributed by atoms with Crippen LogP contribution >= 0.6 is 0 Å². The second kappa shape index (κ2) is 6.93. The first-order valence-corrected chi connectivity index (χ1v) is 8.44. The third kappa shape index (κ3) is 3.48. The van der Waals surface area contributed by atoms with Crippen LogP contribution in [-0.4, -0.2) is 9.13 Å². The smallest absolute Gasteiger partial charge is 0.293 e. The van der Waals surface area contributed by atoms with Gasteiger partial charge in [0.25, 0.3) is 5.56 Å². The number of rotatable bonds is 4. The lowest BCUT2D eigenvalue weighted by molar-refractivity contribution is 0.502. The van der Waals surface area contributed by atoms with E-state index < -0.39 is 0 Å². The van der Waals surface area contributed by atoms with Gasteiger partial charge in [0, 0.05) is 13.6 Å². The number of benzene rings is 2. The summed E-state index contributed by atoms with van der Waals surface area (Å²) in [6.45, 7) is 4.70. The minimum absolute atomic E-state index is 0.255. The Balaban J connectivity index is 2.13. The topological polar surface area (TPSA) is 44.0 Å². The molecule has 2 aromatic carbocycles. The van der Waals surface area contributed by atoms with Crippen LogP contribution in [-0.2, 0) is 13.6 Å². The summed E-state index contributed by atoms with van der Waals surface area (Å²) in [6, 6.07) is 15.7. The van der Waals surface area contributed by atoms with Crippen molar-refractivity contribution < 1.29 is 0 Å². The van der Waals surface area contributed by atoms with E-state index in [-0.39, 0.29) is 11.2 Å². The maximum absolute atomic E-state index is 12.5. The fourth-order valence-corrected chi connectivity index (χ4v) is 2.91. The van der Waals surface area contributed by atoms with Gasteiger partial charge in [-0.3, -0.25) is 13.9 Å². The van der Waals surface area contributed by atoms with E-state index in [1.165, 1.54) is 11.6 Å². The molecule has 3 aromatic rings. The highest BCUT2D eigenvalue weighted by Crippen LogP contribution is 2.15. The summed E-state index contributed by atoms with van der Waals surface area (Å²) < 4.78 is 2.88. The summed E-state index contributed by atoms with van der Waals surface area (Å²) in [5, 5.41) is 0.568. The molecule has 4 heteroatoms. The highest BCUT2D eigenvalue weighted by molar-refractivity contribution is 5.82. The Morgan fingerprint density at radius 1 is 0.960 bits per heavy atom. The molecule has 0 aliphatic heterocycles. The van der Waals surface area contributed by atoms with Gasteiger partial charge in [0.1, 0.15) is 0 Å². The van der Waals surface area contributed by atoms with Gasteiger partial charge in [-0.2, -0.15) is 0 Å². The fourth-order valence-electron chi connectivity index (χ4n) is 2.91. The molecule has 0 atom stereocenters. The van der Waals surface area contributed by atoms with Gasteiger partial charge in [-0.05, 0) is 29.2 Å². The molecule has 128 valence electrons. The zero-order valence-corrected chi connectivity index (χ0v) is 14.8. The second-order valence-corrected chi connectivity index (χ2v) is 6.67. The quantitative estimate of drug-likeness (QED) is 0.685. The molecule has 0 aliphatic carbocycles. The van der Waals surface area contributed by atoms with Gasteiger partial charge in [0.15, 0.2) is 0 Å². The zero-order valence-electron chi connectivity index (χ0n) is 14.8. The monoisotopic (exact) mass is 334 g/mol. The van der Waals surface area contributed by atoms with E-state index in [2.05, 4.69) is 13.8 Å². The summed E-state index contributed by atoms with van der Waals surface area (Å²) >= 11 is 0. The Kier molecular flexibility index (Phi) is 4.70.